The second-order valence-corrected chi connectivity index (χ2v) is 8.59. The number of thiophene rings is 2. The Morgan fingerprint density at radius 3 is 2.52 bits per heavy atom. The van der Waals surface area contributed by atoms with Crippen LogP contribution < -0.4 is 10.0 Å². The summed E-state index contributed by atoms with van der Waals surface area (Å²) in [4.78, 5) is 3.69. The van der Waals surface area contributed by atoms with Gasteiger partial charge in [0.25, 0.3) is 0 Å². The van der Waals surface area contributed by atoms with Gasteiger partial charge in [0, 0.05) is 33.1 Å². The monoisotopic (exact) mass is 344 g/mol. The van der Waals surface area contributed by atoms with Crippen LogP contribution in [0.3, 0.4) is 0 Å². The minimum absolute atomic E-state index is 0.353. The molecule has 0 spiro atoms. The molecule has 0 fully saturated rings. The lowest BCUT2D eigenvalue weighted by Crippen LogP contribution is -2.22. The first-order chi connectivity index (χ1) is 10.0. The maximum Gasteiger partial charge on any atom is 0.241 e. The molecule has 4 nitrogen and oxygen atoms in total. The van der Waals surface area contributed by atoms with Crippen molar-refractivity contribution < 1.29 is 8.42 Å². The van der Waals surface area contributed by atoms with Gasteiger partial charge in [-0.25, -0.2) is 13.1 Å². The molecule has 0 atom stereocenters. The predicted molar refractivity (Wildman–Crippen MR) is 89.4 cm³/mol. The lowest BCUT2D eigenvalue weighted by atomic mass is 10.4. The van der Waals surface area contributed by atoms with Gasteiger partial charge in [0.15, 0.2) is 0 Å². The zero-order valence-corrected chi connectivity index (χ0v) is 14.6. The van der Waals surface area contributed by atoms with Crippen LogP contribution >= 0.6 is 22.7 Å². The summed E-state index contributed by atoms with van der Waals surface area (Å²) in [7, 11) is -3.42. The fourth-order valence-corrected chi connectivity index (χ4v) is 5.04. The van der Waals surface area contributed by atoms with Gasteiger partial charge in [-0.15, -0.1) is 22.7 Å². The van der Waals surface area contributed by atoms with Crippen molar-refractivity contribution in [3.05, 3.63) is 38.2 Å². The van der Waals surface area contributed by atoms with Crippen molar-refractivity contribution >= 4 is 32.7 Å². The van der Waals surface area contributed by atoms with Crippen molar-refractivity contribution in [2.24, 2.45) is 0 Å². The highest BCUT2D eigenvalue weighted by atomic mass is 32.2. The summed E-state index contributed by atoms with van der Waals surface area (Å²) in [5.41, 5.74) is 0. The molecule has 0 saturated carbocycles. The van der Waals surface area contributed by atoms with Crippen LogP contribution in [0.25, 0.3) is 0 Å². The number of rotatable bonds is 8. The summed E-state index contributed by atoms with van der Waals surface area (Å²) < 4.78 is 27.2. The molecule has 0 radical (unpaired) electrons. The molecule has 0 unspecified atom stereocenters. The van der Waals surface area contributed by atoms with E-state index in [-0.39, 0.29) is 0 Å². The zero-order chi connectivity index (χ0) is 15.3. The Bertz CT molecular complexity index is 674. The molecule has 2 aromatic heterocycles. The minimum Gasteiger partial charge on any atom is -0.312 e. The number of hydrogen-bond donors (Lipinski definition) is 2. The maximum atomic E-state index is 12.2. The highest BCUT2D eigenvalue weighted by Crippen LogP contribution is 2.21. The van der Waals surface area contributed by atoms with Crippen molar-refractivity contribution in [3.63, 3.8) is 0 Å². The molecule has 0 aliphatic carbocycles. The Kier molecular flexibility index (Phi) is 5.95. The van der Waals surface area contributed by atoms with E-state index >= 15 is 0 Å². The third-order valence-electron chi connectivity index (χ3n) is 2.99. The molecule has 2 N–H and O–H groups in total. The Balaban J connectivity index is 1.99. The topological polar surface area (TPSA) is 58.2 Å². The molecule has 0 aliphatic rings. The summed E-state index contributed by atoms with van der Waals surface area (Å²) >= 11 is 3.12. The zero-order valence-electron chi connectivity index (χ0n) is 12.2. The van der Waals surface area contributed by atoms with Crippen molar-refractivity contribution in [2.75, 3.05) is 6.54 Å². The van der Waals surface area contributed by atoms with Gasteiger partial charge >= 0.3 is 0 Å². The molecule has 0 aliphatic heterocycles. The summed E-state index contributed by atoms with van der Waals surface area (Å²) in [5.74, 6) is 0. The quantitative estimate of drug-likeness (QED) is 0.774. The van der Waals surface area contributed by atoms with E-state index in [1.807, 2.05) is 19.1 Å². The molecule has 21 heavy (non-hydrogen) atoms. The van der Waals surface area contributed by atoms with Gasteiger partial charge < -0.3 is 5.32 Å². The summed E-state index contributed by atoms with van der Waals surface area (Å²) in [5, 5.41) is 4.89. The number of aryl methyl sites for hydroxylation is 1. The van der Waals surface area contributed by atoms with Crippen LogP contribution in [0.4, 0.5) is 0 Å². The van der Waals surface area contributed by atoms with E-state index in [4.69, 9.17) is 0 Å². The fourth-order valence-electron chi connectivity index (χ4n) is 1.80. The standard InChI is InChI=1S/C14H20N2O2S3/c1-3-11-5-6-12(20-11)9-16-21(17,18)14-7-13(19-10-14)8-15-4-2/h5-7,10,15-16H,3-4,8-9H2,1-2H3. The molecule has 7 heteroatoms. The smallest absolute Gasteiger partial charge is 0.241 e. The molecule has 116 valence electrons. The molecular formula is C14H20N2O2S3. The van der Waals surface area contributed by atoms with Gasteiger partial charge in [0.2, 0.25) is 10.0 Å². The van der Waals surface area contributed by atoms with Gasteiger partial charge in [0.05, 0.1) is 4.90 Å². The highest BCUT2D eigenvalue weighted by molar-refractivity contribution is 7.89. The van der Waals surface area contributed by atoms with Crippen molar-refractivity contribution in [1.29, 1.82) is 0 Å². The lowest BCUT2D eigenvalue weighted by Gasteiger charge is -2.03. The second kappa shape index (κ2) is 7.51. The first-order valence-corrected chi connectivity index (χ1v) is 10.1. The molecule has 2 rings (SSSR count). The molecular weight excluding hydrogens is 324 g/mol. The average molecular weight is 345 g/mol. The van der Waals surface area contributed by atoms with Gasteiger partial charge in [0.1, 0.15) is 0 Å². The van der Waals surface area contributed by atoms with Gasteiger partial charge in [-0.1, -0.05) is 13.8 Å². The first-order valence-electron chi connectivity index (χ1n) is 6.90. The largest absolute Gasteiger partial charge is 0.312 e. The van der Waals surface area contributed by atoms with Crippen LogP contribution in [0.15, 0.2) is 28.5 Å². The third kappa shape index (κ3) is 4.62. The van der Waals surface area contributed by atoms with E-state index < -0.39 is 10.0 Å². The van der Waals surface area contributed by atoms with Crippen LogP contribution in [0.1, 0.15) is 28.5 Å². The fraction of sp³-hybridized carbons (Fsp3) is 0.429. The Hall–Kier alpha value is -0.730. The van der Waals surface area contributed by atoms with Gasteiger partial charge in [-0.3, -0.25) is 0 Å². The van der Waals surface area contributed by atoms with Crippen LogP contribution in [-0.2, 0) is 29.5 Å². The first kappa shape index (κ1) is 16.6. The second-order valence-electron chi connectivity index (χ2n) is 4.58. The lowest BCUT2D eigenvalue weighted by molar-refractivity contribution is 0.582. The Morgan fingerprint density at radius 1 is 1.10 bits per heavy atom. The van der Waals surface area contributed by atoms with Crippen LogP contribution in [-0.4, -0.2) is 15.0 Å². The third-order valence-corrected chi connectivity index (χ3v) is 6.69. The van der Waals surface area contributed by atoms with Crippen LogP contribution in [0.2, 0.25) is 0 Å². The maximum absolute atomic E-state index is 12.2. The SMILES string of the molecule is CCNCc1cc(S(=O)(=O)NCc2ccc(CC)s2)cs1. The van der Waals surface area contributed by atoms with E-state index in [1.165, 1.54) is 16.2 Å². The number of sulfonamides is 1. The molecule has 2 heterocycles. The van der Waals surface area contributed by atoms with Crippen molar-refractivity contribution in [1.82, 2.24) is 10.0 Å². The van der Waals surface area contributed by atoms with E-state index in [0.29, 0.717) is 18.0 Å². The average Bonchev–Trinajstić information content (AvgIpc) is 3.12. The molecule has 0 amide bonds. The van der Waals surface area contributed by atoms with E-state index in [1.54, 1.807) is 22.8 Å². The van der Waals surface area contributed by atoms with E-state index in [2.05, 4.69) is 17.0 Å². The van der Waals surface area contributed by atoms with Crippen molar-refractivity contribution in [3.8, 4) is 0 Å². The van der Waals surface area contributed by atoms with E-state index in [9.17, 15) is 8.42 Å². The Morgan fingerprint density at radius 2 is 1.86 bits per heavy atom. The van der Waals surface area contributed by atoms with Crippen molar-refractivity contribution in [2.45, 2.75) is 38.3 Å². The molecule has 0 bridgehead atoms. The normalized spacial score (nSPS) is 11.9. The Labute approximate surface area is 134 Å². The number of nitrogens with one attached hydrogen (secondary N) is 2. The van der Waals surface area contributed by atoms with Crippen LogP contribution in [0.5, 0.6) is 0 Å². The molecule has 0 aromatic carbocycles. The van der Waals surface area contributed by atoms with Gasteiger partial charge in [-0.2, -0.15) is 0 Å². The molecule has 0 saturated heterocycles. The number of hydrogen-bond acceptors (Lipinski definition) is 5. The summed E-state index contributed by atoms with van der Waals surface area (Å²) in [6.45, 7) is 6.05. The van der Waals surface area contributed by atoms with Crippen LogP contribution in [0, 0.1) is 0 Å². The minimum atomic E-state index is -3.42. The highest BCUT2D eigenvalue weighted by Gasteiger charge is 2.16. The summed E-state index contributed by atoms with van der Waals surface area (Å²) in [6, 6.07) is 5.77. The summed E-state index contributed by atoms with van der Waals surface area (Å²) in [6.07, 6.45) is 0.982. The predicted octanol–water partition coefficient (Wildman–Crippen LogP) is 2.96. The molecule has 2 aromatic rings. The van der Waals surface area contributed by atoms with E-state index in [0.717, 1.165) is 22.7 Å². The van der Waals surface area contributed by atoms with Gasteiger partial charge in [-0.05, 0) is 31.2 Å².